The lowest BCUT2D eigenvalue weighted by atomic mass is 10.1. The molecule has 1 saturated heterocycles. The number of methoxy groups -OCH3 is 1. The second-order valence-corrected chi connectivity index (χ2v) is 6.55. The highest BCUT2D eigenvalue weighted by atomic mass is 35.5. The molecule has 0 spiro atoms. The molecule has 6 nitrogen and oxygen atoms in total. The van der Waals surface area contributed by atoms with Gasteiger partial charge in [-0.1, -0.05) is 23.7 Å². The van der Waals surface area contributed by atoms with Gasteiger partial charge in [0.1, 0.15) is 5.75 Å². The number of amides is 1. The molecular weight excluding hydrogens is 370 g/mol. The number of anilines is 1. The number of nitrogens with zero attached hydrogens (tertiary/aromatic N) is 1. The molecule has 3 rings (SSSR count). The number of esters is 1. The predicted octanol–water partition coefficient (Wildman–Crippen LogP) is 3.13. The van der Waals surface area contributed by atoms with Crippen molar-refractivity contribution in [3.8, 4) is 5.75 Å². The van der Waals surface area contributed by atoms with Gasteiger partial charge < -0.3 is 14.4 Å². The molecular formula is C20H18ClNO5. The molecule has 2 aromatic rings. The number of benzene rings is 2. The summed E-state index contributed by atoms with van der Waals surface area (Å²) in [7, 11) is 1.52. The average Bonchev–Trinajstić information content (AvgIpc) is 3.08. The zero-order valence-corrected chi connectivity index (χ0v) is 15.4. The Labute approximate surface area is 161 Å². The van der Waals surface area contributed by atoms with Crippen LogP contribution in [0, 0.1) is 5.92 Å². The van der Waals surface area contributed by atoms with Crippen molar-refractivity contribution in [2.75, 3.05) is 25.2 Å². The second kappa shape index (κ2) is 8.22. The zero-order valence-electron chi connectivity index (χ0n) is 14.7. The molecule has 0 aliphatic carbocycles. The number of rotatable bonds is 6. The second-order valence-electron chi connectivity index (χ2n) is 6.12. The predicted molar refractivity (Wildman–Crippen MR) is 100 cm³/mol. The van der Waals surface area contributed by atoms with Crippen molar-refractivity contribution < 1.29 is 23.9 Å². The van der Waals surface area contributed by atoms with Crippen molar-refractivity contribution in [3.63, 3.8) is 0 Å². The van der Waals surface area contributed by atoms with Crippen molar-refractivity contribution in [1.82, 2.24) is 0 Å². The van der Waals surface area contributed by atoms with Crippen LogP contribution in [0.5, 0.6) is 5.75 Å². The third-order valence-electron chi connectivity index (χ3n) is 4.35. The van der Waals surface area contributed by atoms with E-state index in [1.807, 2.05) is 0 Å². The summed E-state index contributed by atoms with van der Waals surface area (Å²) >= 11 is 5.79. The van der Waals surface area contributed by atoms with E-state index in [-0.39, 0.29) is 31.3 Å². The minimum Gasteiger partial charge on any atom is -0.495 e. The van der Waals surface area contributed by atoms with Crippen LogP contribution in [0.3, 0.4) is 0 Å². The minimum absolute atomic E-state index is 0.0337. The van der Waals surface area contributed by atoms with Crippen LogP contribution < -0.4 is 9.64 Å². The summed E-state index contributed by atoms with van der Waals surface area (Å²) in [5.74, 6) is -1.15. The SMILES string of the molecule is COc1ccccc1N1C[C@H](C(=O)OCC(=O)c2ccc(Cl)cc2)CC1=O. The van der Waals surface area contributed by atoms with E-state index in [9.17, 15) is 14.4 Å². The summed E-state index contributed by atoms with van der Waals surface area (Å²) in [5.41, 5.74) is 1.02. The Bertz CT molecular complexity index is 865. The van der Waals surface area contributed by atoms with Gasteiger partial charge in [-0.05, 0) is 36.4 Å². The Morgan fingerprint density at radius 1 is 1.15 bits per heavy atom. The van der Waals surface area contributed by atoms with Gasteiger partial charge in [-0.3, -0.25) is 14.4 Å². The lowest BCUT2D eigenvalue weighted by molar-refractivity contribution is -0.147. The van der Waals surface area contributed by atoms with Gasteiger partial charge in [0.2, 0.25) is 5.91 Å². The number of ketones is 1. The smallest absolute Gasteiger partial charge is 0.311 e. The highest BCUT2D eigenvalue weighted by Gasteiger charge is 2.37. The standard InChI is InChI=1S/C20H18ClNO5/c1-26-18-5-3-2-4-16(18)22-11-14(10-19(22)24)20(25)27-12-17(23)13-6-8-15(21)9-7-13/h2-9,14H,10-12H2,1H3/t14-/m1/s1. The van der Waals surface area contributed by atoms with E-state index in [1.165, 1.54) is 12.0 Å². The molecule has 0 aromatic heterocycles. The highest BCUT2D eigenvalue weighted by molar-refractivity contribution is 6.30. The van der Waals surface area contributed by atoms with E-state index in [4.69, 9.17) is 21.1 Å². The molecule has 0 unspecified atom stereocenters. The van der Waals surface area contributed by atoms with E-state index in [2.05, 4.69) is 0 Å². The summed E-state index contributed by atoms with van der Waals surface area (Å²) in [6.45, 7) is -0.188. The maximum Gasteiger partial charge on any atom is 0.311 e. The Kier molecular flexibility index (Phi) is 5.76. The number of halogens is 1. The van der Waals surface area contributed by atoms with Crippen LogP contribution >= 0.6 is 11.6 Å². The monoisotopic (exact) mass is 387 g/mol. The van der Waals surface area contributed by atoms with Gasteiger partial charge in [0.05, 0.1) is 18.7 Å². The lowest BCUT2D eigenvalue weighted by Crippen LogP contribution is -2.27. The third kappa shape index (κ3) is 4.28. The van der Waals surface area contributed by atoms with E-state index in [1.54, 1.807) is 48.5 Å². The van der Waals surface area contributed by atoms with Gasteiger partial charge >= 0.3 is 5.97 Å². The van der Waals surface area contributed by atoms with Crippen molar-refractivity contribution in [1.29, 1.82) is 0 Å². The van der Waals surface area contributed by atoms with E-state index in [0.717, 1.165) is 0 Å². The van der Waals surface area contributed by atoms with Crippen LogP contribution in [-0.4, -0.2) is 37.9 Å². The first-order chi connectivity index (χ1) is 13.0. The molecule has 0 bridgehead atoms. The number of carbonyl (C=O) groups excluding carboxylic acids is 3. The first kappa shape index (κ1) is 18.9. The molecule has 0 N–H and O–H groups in total. The maximum atomic E-state index is 12.3. The fraction of sp³-hybridized carbons (Fsp3) is 0.250. The number of Topliss-reactive ketones (excluding diaryl/α,β-unsaturated/α-hetero) is 1. The van der Waals surface area contributed by atoms with Crippen LogP contribution in [0.15, 0.2) is 48.5 Å². The van der Waals surface area contributed by atoms with Crippen LogP contribution in [0.1, 0.15) is 16.8 Å². The summed E-state index contributed by atoms with van der Waals surface area (Å²) in [6, 6.07) is 13.4. The summed E-state index contributed by atoms with van der Waals surface area (Å²) < 4.78 is 10.4. The van der Waals surface area contributed by atoms with Crippen molar-refractivity contribution in [2.45, 2.75) is 6.42 Å². The lowest BCUT2D eigenvalue weighted by Gasteiger charge is -2.19. The molecule has 0 radical (unpaired) electrons. The van der Waals surface area contributed by atoms with E-state index < -0.39 is 11.9 Å². The number of hydrogen-bond donors (Lipinski definition) is 0. The fourth-order valence-electron chi connectivity index (χ4n) is 2.92. The largest absolute Gasteiger partial charge is 0.495 e. The fourth-order valence-corrected chi connectivity index (χ4v) is 3.05. The Morgan fingerprint density at radius 3 is 2.56 bits per heavy atom. The van der Waals surface area contributed by atoms with Crippen LogP contribution in [0.4, 0.5) is 5.69 Å². The molecule has 1 aliphatic heterocycles. The quantitative estimate of drug-likeness (QED) is 0.562. The molecule has 1 amide bonds. The van der Waals surface area contributed by atoms with Gasteiger partial charge in [0.15, 0.2) is 12.4 Å². The zero-order chi connectivity index (χ0) is 19.4. The third-order valence-corrected chi connectivity index (χ3v) is 4.60. The molecule has 140 valence electrons. The normalized spacial score (nSPS) is 16.3. The van der Waals surface area contributed by atoms with Gasteiger partial charge in [-0.15, -0.1) is 0 Å². The molecule has 0 saturated carbocycles. The topological polar surface area (TPSA) is 72.9 Å². The van der Waals surface area contributed by atoms with E-state index >= 15 is 0 Å². The van der Waals surface area contributed by atoms with Gasteiger partial charge in [-0.2, -0.15) is 0 Å². The van der Waals surface area contributed by atoms with Crippen LogP contribution in [0.2, 0.25) is 5.02 Å². The van der Waals surface area contributed by atoms with Crippen LogP contribution in [-0.2, 0) is 14.3 Å². The van der Waals surface area contributed by atoms with Crippen LogP contribution in [0.25, 0.3) is 0 Å². The first-order valence-electron chi connectivity index (χ1n) is 8.38. The van der Waals surface area contributed by atoms with Gasteiger partial charge in [-0.25, -0.2) is 0 Å². The number of para-hydroxylation sites is 2. The first-order valence-corrected chi connectivity index (χ1v) is 8.76. The minimum atomic E-state index is -0.625. The Morgan fingerprint density at radius 2 is 1.85 bits per heavy atom. The molecule has 7 heteroatoms. The summed E-state index contributed by atoms with van der Waals surface area (Å²) in [6.07, 6.45) is 0.0337. The molecule has 2 aromatic carbocycles. The van der Waals surface area contributed by atoms with Crippen molar-refractivity contribution in [3.05, 3.63) is 59.1 Å². The summed E-state index contributed by atoms with van der Waals surface area (Å²) in [4.78, 5) is 38.2. The van der Waals surface area contributed by atoms with Crippen molar-refractivity contribution in [2.24, 2.45) is 5.92 Å². The Balaban J connectivity index is 1.60. The molecule has 27 heavy (non-hydrogen) atoms. The molecule has 1 atom stereocenters. The number of hydrogen-bond acceptors (Lipinski definition) is 5. The summed E-state index contributed by atoms with van der Waals surface area (Å²) in [5, 5.41) is 0.518. The van der Waals surface area contributed by atoms with Crippen molar-refractivity contribution >= 4 is 34.9 Å². The molecule has 1 aliphatic rings. The maximum absolute atomic E-state index is 12.3. The number of carbonyl (C=O) groups is 3. The highest BCUT2D eigenvalue weighted by Crippen LogP contribution is 2.33. The molecule has 1 heterocycles. The van der Waals surface area contributed by atoms with Gasteiger partial charge in [0, 0.05) is 23.6 Å². The molecule has 1 fully saturated rings. The van der Waals surface area contributed by atoms with E-state index in [0.29, 0.717) is 22.0 Å². The average molecular weight is 388 g/mol. The van der Waals surface area contributed by atoms with Gasteiger partial charge in [0.25, 0.3) is 0 Å². The number of ether oxygens (including phenoxy) is 2. The Hall–Kier alpha value is -2.86.